The third kappa shape index (κ3) is 5.87. The standard InChI is InChI=1S/C17H26N2O2S/c1-17(2,3)21-16(20)19-10-7-14(8-11-19)12-22-13-15-6-4-5-9-18-15/h4-6,9,14H,7-8,10-13H2,1-3H3. The zero-order chi connectivity index (χ0) is 16.0. The first-order chi connectivity index (χ1) is 10.4. The molecule has 0 bridgehead atoms. The molecule has 0 aromatic carbocycles. The average molecular weight is 322 g/mol. The van der Waals surface area contributed by atoms with Crippen molar-refractivity contribution in [3.8, 4) is 0 Å². The van der Waals surface area contributed by atoms with Gasteiger partial charge in [0.25, 0.3) is 0 Å². The SMILES string of the molecule is CC(C)(C)OC(=O)N1CCC(CSCc2ccccn2)CC1. The summed E-state index contributed by atoms with van der Waals surface area (Å²) in [4.78, 5) is 18.2. The first-order valence-corrected chi connectivity index (χ1v) is 9.05. The van der Waals surface area contributed by atoms with Crippen LogP contribution in [0.1, 0.15) is 39.3 Å². The number of hydrogen-bond donors (Lipinski definition) is 0. The lowest BCUT2D eigenvalue weighted by Crippen LogP contribution is -2.42. The second-order valence-corrected chi connectivity index (χ2v) is 7.78. The van der Waals surface area contributed by atoms with E-state index in [0.717, 1.165) is 43.1 Å². The van der Waals surface area contributed by atoms with Gasteiger partial charge in [-0.1, -0.05) is 6.07 Å². The van der Waals surface area contributed by atoms with E-state index in [1.807, 2.05) is 55.8 Å². The minimum absolute atomic E-state index is 0.174. The van der Waals surface area contributed by atoms with Gasteiger partial charge in [0.1, 0.15) is 5.60 Å². The Balaban J connectivity index is 1.66. The topological polar surface area (TPSA) is 42.4 Å². The monoisotopic (exact) mass is 322 g/mol. The molecule has 1 fully saturated rings. The smallest absolute Gasteiger partial charge is 0.410 e. The predicted octanol–water partition coefficient (Wildman–Crippen LogP) is 3.96. The fraction of sp³-hybridized carbons (Fsp3) is 0.647. The summed E-state index contributed by atoms with van der Waals surface area (Å²) in [5, 5.41) is 0. The Labute approximate surface area is 137 Å². The Bertz CT molecular complexity index is 465. The van der Waals surface area contributed by atoms with Gasteiger partial charge in [0, 0.05) is 25.0 Å². The van der Waals surface area contributed by atoms with Crippen molar-refractivity contribution < 1.29 is 9.53 Å². The second kappa shape index (κ2) is 7.86. The summed E-state index contributed by atoms with van der Waals surface area (Å²) in [6.07, 6.45) is 3.80. The summed E-state index contributed by atoms with van der Waals surface area (Å²) in [7, 11) is 0. The Morgan fingerprint density at radius 2 is 2.09 bits per heavy atom. The molecule has 2 heterocycles. The van der Waals surface area contributed by atoms with Crippen LogP contribution in [0.3, 0.4) is 0 Å². The quantitative estimate of drug-likeness (QED) is 0.841. The lowest BCUT2D eigenvalue weighted by atomic mass is 9.99. The fourth-order valence-electron chi connectivity index (χ4n) is 2.42. The number of likely N-dealkylation sites (tertiary alicyclic amines) is 1. The van der Waals surface area contributed by atoms with Gasteiger partial charge in [-0.2, -0.15) is 11.8 Å². The number of thioether (sulfide) groups is 1. The van der Waals surface area contributed by atoms with Crippen LogP contribution in [0.4, 0.5) is 4.79 Å². The molecule has 22 heavy (non-hydrogen) atoms. The van der Waals surface area contributed by atoms with Gasteiger partial charge in [-0.15, -0.1) is 0 Å². The number of pyridine rings is 1. The van der Waals surface area contributed by atoms with Crippen LogP contribution in [-0.4, -0.2) is 40.4 Å². The Kier molecular flexibility index (Phi) is 6.12. The molecule has 1 aliphatic rings. The molecule has 1 aromatic rings. The van der Waals surface area contributed by atoms with E-state index >= 15 is 0 Å². The molecule has 0 N–H and O–H groups in total. The molecule has 1 saturated heterocycles. The number of carbonyl (C=O) groups excluding carboxylic acids is 1. The van der Waals surface area contributed by atoms with Gasteiger partial charge in [-0.25, -0.2) is 4.79 Å². The van der Waals surface area contributed by atoms with Gasteiger partial charge in [0.2, 0.25) is 0 Å². The lowest BCUT2D eigenvalue weighted by Gasteiger charge is -2.33. The van der Waals surface area contributed by atoms with Crippen molar-refractivity contribution in [3.05, 3.63) is 30.1 Å². The molecular formula is C17H26N2O2S. The van der Waals surface area contributed by atoms with E-state index in [1.54, 1.807) is 0 Å². The summed E-state index contributed by atoms with van der Waals surface area (Å²) in [5.41, 5.74) is 0.727. The first kappa shape index (κ1) is 17.1. The number of ether oxygens (including phenoxy) is 1. The normalized spacial score (nSPS) is 16.6. The Morgan fingerprint density at radius 1 is 1.36 bits per heavy atom. The van der Waals surface area contributed by atoms with Crippen LogP contribution in [0.25, 0.3) is 0 Å². The summed E-state index contributed by atoms with van der Waals surface area (Å²) in [5.74, 6) is 2.79. The lowest BCUT2D eigenvalue weighted by molar-refractivity contribution is 0.0191. The number of carbonyl (C=O) groups is 1. The minimum Gasteiger partial charge on any atom is -0.444 e. The highest BCUT2D eigenvalue weighted by Gasteiger charge is 2.26. The highest BCUT2D eigenvalue weighted by atomic mass is 32.2. The third-order valence-electron chi connectivity index (χ3n) is 3.60. The first-order valence-electron chi connectivity index (χ1n) is 7.89. The zero-order valence-electron chi connectivity index (χ0n) is 13.7. The van der Waals surface area contributed by atoms with Gasteiger partial charge in [-0.3, -0.25) is 4.98 Å². The number of amides is 1. The zero-order valence-corrected chi connectivity index (χ0v) is 14.6. The van der Waals surface area contributed by atoms with Crippen molar-refractivity contribution in [3.63, 3.8) is 0 Å². The fourth-order valence-corrected chi connectivity index (χ4v) is 3.59. The van der Waals surface area contributed by atoms with Gasteiger partial charge in [0.15, 0.2) is 0 Å². The van der Waals surface area contributed by atoms with E-state index < -0.39 is 5.60 Å². The van der Waals surface area contributed by atoms with Crippen molar-refractivity contribution in [2.24, 2.45) is 5.92 Å². The molecule has 0 radical (unpaired) electrons. The molecule has 5 heteroatoms. The predicted molar refractivity (Wildman–Crippen MR) is 90.9 cm³/mol. The number of nitrogens with zero attached hydrogens (tertiary/aromatic N) is 2. The van der Waals surface area contributed by atoms with E-state index in [0.29, 0.717) is 5.92 Å². The van der Waals surface area contributed by atoms with E-state index in [2.05, 4.69) is 11.1 Å². The van der Waals surface area contributed by atoms with Crippen LogP contribution in [-0.2, 0) is 10.5 Å². The van der Waals surface area contributed by atoms with E-state index in [-0.39, 0.29) is 6.09 Å². The van der Waals surface area contributed by atoms with Crippen LogP contribution >= 0.6 is 11.8 Å². The number of aromatic nitrogens is 1. The van der Waals surface area contributed by atoms with Crippen molar-refractivity contribution in [1.82, 2.24) is 9.88 Å². The minimum atomic E-state index is -0.410. The van der Waals surface area contributed by atoms with Crippen LogP contribution in [0, 0.1) is 5.92 Å². The van der Waals surface area contributed by atoms with E-state index in [1.165, 1.54) is 0 Å². The third-order valence-corrected chi connectivity index (χ3v) is 4.80. The molecule has 0 unspecified atom stereocenters. The molecule has 0 aliphatic carbocycles. The Hall–Kier alpha value is -1.23. The molecule has 0 atom stereocenters. The van der Waals surface area contributed by atoms with Gasteiger partial charge >= 0.3 is 6.09 Å². The largest absolute Gasteiger partial charge is 0.444 e. The average Bonchev–Trinajstić information content (AvgIpc) is 2.47. The molecule has 1 aliphatic heterocycles. The number of piperidine rings is 1. The van der Waals surface area contributed by atoms with E-state index in [9.17, 15) is 4.79 Å². The highest BCUT2D eigenvalue weighted by Crippen LogP contribution is 2.24. The molecular weight excluding hydrogens is 296 g/mol. The molecule has 4 nitrogen and oxygen atoms in total. The van der Waals surface area contributed by atoms with Gasteiger partial charge in [0.05, 0.1) is 5.69 Å². The maximum absolute atomic E-state index is 12.0. The summed E-state index contributed by atoms with van der Waals surface area (Å²) >= 11 is 1.94. The molecule has 1 amide bonds. The van der Waals surface area contributed by atoms with E-state index in [4.69, 9.17) is 4.74 Å². The molecule has 0 spiro atoms. The van der Waals surface area contributed by atoms with Crippen LogP contribution in [0.2, 0.25) is 0 Å². The van der Waals surface area contributed by atoms with Gasteiger partial charge in [-0.05, 0) is 57.4 Å². The number of rotatable bonds is 4. The maximum atomic E-state index is 12.0. The molecule has 1 aromatic heterocycles. The van der Waals surface area contributed by atoms with Crippen molar-refractivity contribution in [1.29, 1.82) is 0 Å². The maximum Gasteiger partial charge on any atom is 0.410 e. The molecule has 2 rings (SSSR count). The highest BCUT2D eigenvalue weighted by molar-refractivity contribution is 7.98. The summed E-state index contributed by atoms with van der Waals surface area (Å²) in [6, 6.07) is 6.04. The number of hydrogen-bond acceptors (Lipinski definition) is 4. The van der Waals surface area contributed by atoms with Crippen molar-refractivity contribution in [2.75, 3.05) is 18.8 Å². The Morgan fingerprint density at radius 3 is 2.68 bits per heavy atom. The second-order valence-electron chi connectivity index (χ2n) is 6.75. The molecule has 0 saturated carbocycles. The van der Waals surface area contributed by atoms with Gasteiger partial charge < -0.3 is 9.64 Å². The van der Waals surface area contributed by atoms with Crippen molar-refractivity contribution >= 4 is 17.9 Å². The van der Waals surface area contributed by atoms with Crippen LogP contribution < -0.4 is 0 Å². The summed E-state index contributed by atoms with van der Waals surface area (Å²) in [6.45, 7) is 7.34. The van der Waals surface area contributed by atoms with Crippen molar-refractivity contribution in [2.45, 2.75) is 45.0 Å². The van der Waals surface area contributed by atoms with Crippen LogP contribution in [0.15, 0.2) is 24.4 Å². The molecule has 122 valence electrons. The summed E-state index contributed by atoms with van der Waals surface area (Å²) < 4.78 is 5.42. The van der Waals surface area contributed by atoms with Crippen LogP contribution in [0.5, 0.6) is 0 Å².